The summed E-state index contributed by atoms with van der Waals surface area (Å²) in [6.07, 6.45) is 0.0715. The quantitative estimate of drug-likeness (QED) is 0.784. The monoisotopic (exact) mass is 307 g/mol. The van der Waals surface area contributed by atoms with E-state index in [-0.39, 0.29) is 19.3 Å². The molecule has 2 aromatic rings. The summed E-state index contributed by atoms with van der Waals surface area (Å²) in [4.78, 5) is 37.5. The van der Waals surface area contributed by atoms with Gasteiger partial charge < -0.3 is 5.11 Å². The smallest absolute Gasteiger partial charge is 0.327 e. The Balaban J connectivity index is 1.83. The maximum absolute atomic E-state index is 11.6. The van der Waals surface area contributed by atoms with Gasteiger partial charge in [0.15, 0.2) is 5.13 Å². The summed E-state index contributed by atoms with van der Waals surface area (Å²) in [5.74, 6) is -1.49. The number of anilines is 1. The van der Waals surface area contributed by atoms with Gasteiger partial charge in [0.1, 0.15) is 0 Å². The lowest BCUT2D eigenvalue weighted by atomic mass is 10.2. The number of hydrogen-bond donors (Lipinski definition) is 3. The number of amides is 3. The second-order valence-corrected chi connectivity index (χ2v) is 5.27. The average Bonchev–Trinajstić information content (AvgIpc) is 2.79. The highest BCUT2D eigenvalue weighted by molar-refractivity contribution is 7.22. The number of benzene rings is 1. The molecule has 0 fully saturated rings. The van der Waals surface area contributed by atoms with Gasteiger partial charge in [-0.15, -0.1) is 0 Å². The molecule has 0 saturated carbocycles. The number of carbonyl (C=O) groups excluding carboxylic acids is 2. The van der Waals surface area contributed by atoms with Crippen molar-refractivity contribution in [2.24, 2.45) is 0 Å². The van der Waals surface area contributed by atoms with Crippen molar-refractivity contribution in [1.82, 2.24) is 10.3 Å². The van der Waals surface area contributed by atoms with Crippen molar-refractivity contribution in [2.45, 2.75) is 19.3 Å². The molecule has 2 rings (SSSR count). The number of carboxylic acid groups (broad SMARTS) is 1. The second kappa shape index (κ2) is 6.80. The third kappa shape index (κ3) is 4.53. The molecule has 21 heavy (non-hydrogen) atoms. The Labute approximate surface area is 124 Å². The number of urea groups is 1. The van der Waals surface area contributed by atoms with E-state index in [4.69, 9.17) is 5.11 Å². The van der Waals surface area contributed by atoms with Crippen LogP contribution in [-0.4, -0.2) is 28.0 Å². The van der Waals surface area contributed by atoms with Crippen LogP contribution in [0, 0.1) is 0 Å². The zero-order valence-electron chi connectivity index (χ0n) is 11.0. The van der Waals surface area contributed by atoms with Crippen LogP contribution in [0.25, 0.3) is 10.2 Å². The minimum absolute atomic E-state index is 0.0143. The van der Waals surface area contributed by atoms with E-state index in [1.54, 1.807) is 0 Å². The molecule has 0 aliphatic heterocycles. The zero-order valence-corrected chi connectivity index (χ0v) is 11.8. The molecule has 3 N–H and O–H groups in total. The molecule has 1 heterocycles. The molecule has 8 heteroatoms. The lowest BCUT2D eigenvalue weighted by Gasteiger charge is -2.03. The molecular weight excluding hydrogens is 294 g/mol. The van der Waals surface area contributed by atoms with E-state index >= 15 is 0 Å². The Morgan fingerprint density at radius 1 is 1.19 bits per heavy atom. The van der Waals surface area contributed by atoms with Crippen molar-refractivity contribution in [3.05, 3.63) is 24.3 Å². The Bertz CT molecular complexity index is 650. The van der Waals surface area contributed by atoms with E-state index in [1.807, 2.05) is 24.3 Å². The molecule has 0 saturated heterocycles. The Morgan fingerprint density at radius 2 is 1.95 bits per heavy atom. The number of aliphatic carboxylic acids is 1. The van der Waals surface area contributed by atoms with Crippen LogP contribution in [0.2, 0.25) is 0 Å². The average molecular weight is 307 g/mol. The highest BCUT2D eigenvalue weighted by Gasteiger charge is 2.11. The maximum atomic E-state index is 11.6. The van der Waals surface area contributed by atoms with Crippen molar-refractivity contribution in [3.8, 4) is 0 Å². The minimum atomic E-state index is -0.971. The molecular formula is C13H13N3O4S. The number of carbonyl (C=O) groups is 3. The standard InChI is InChI=1S/C13H13N3O4S/c17-10(6-3-7-11(18)19)15-12(20)16-13-14-8-4-1-2-5-9(8)21-13/h1-2,4-5H,3,6-7H2,(H,18,19)(H2,14,15,16,17,20). The van der Waals surface area contributed by atoms with Gasteiger partial charge in [-0.25, -0.2) is 9.78 Å². The fraction of sp³-hybridized carbons (Fsp3) is 0.231. The Morgan fingerprint density at radius 3 is 2.67 bits per heavy atom. The van der Waals surface area contributed by atoms with Gasteiger partial charge in [0.05, 0.1) is 10.2 Å². The summed E-state index contributed by atoms with van der Waals surface area (Å²) >= 11 is 1.30. The second-order valence-electron chi connectivity index (χ2n) is 4.24. The molecule has 1 aromatic heterocycles. The zero-order chi connectivity index (χ0) is 15.2. The number of hydrogen-bond acceptors (Lipinski definition) is 5. The van der Waals surface area contributed by atoms with E-state index in [0.29, 0.717) is 5.13 Å². The van der Waals surface area contributed by atoms with Gasteiger partial charge in [0, 0.05) is 12.8 Å². The number of nitrogens with zero attached hydrogens (tertiary/aromatic N) is 1. The van der Waals surface area contributed by atoms with Crippen molar-refractivity contribution in [3.63, 3.8) is 0 Å². The minimum Gasteiger partial charge on any atom is -0.481 e. The summed E-state index contributed by atoms with van der Waals surface area (Å²) in [7, 11) is 0. The first-order valence-electron chi connectivity index (χ1n) is 6.23. The van der Waals surface area contributed by atoms with Crippen LogP contribution in [0.15, 0.2) is 24.3 Å². The summed E-state index contributed by atoms with van der Waals surface area (Å²) < 4.78 is 0.931. The van der Waals surface area contributed by atoms with Crippen LogP contribution in [0.5, 0.6) is 0 Å². The fourth-order valence-electron chi connectivity index (χ4n) is 1.64. The summed E-state index contributed by atoms with van der Waals surface area (Å²) in [5.41, 5.74) is 0.769. The molecule has 1 aromatic carbocycles. The molecule has 110 valence electrons. The van der Waals surface area contributed by atoms with Crippen molar-refractivity contribution < 1.29 is 19.5 Å². The third-order valence-electron chi connectivity index (χ3n) is 2.56. The molecule has 0 aliphatic rings. The first-order chi connectivity index (χ1) is 10.0. The van der Waals surface area contributed by atoms with Gasteiger partial charge in [0.2, 0.25) is 5.91 Å². The maximum Gasteiger partial charge on any atom is 0.327 e. The molecule has 7 nitrogen and oxygen atoms in total. The molecule has 0 unspecified atom stereocenters. The molecule has 0 atom stereocenters. The molecule has 3 amide bonds. The van der Waals surface area contributed by atoms with Gasteiger partial charge in [-0.1, -0.05) is 23.5 Å². The van der Waals surface area contributed by atoms with Gasteiger partial charge in [0.25, 0.3) is 0 Å². The van der Waals surface area contributed by atoms with Gasteiger partial charge in [-0.05, 0) is 18.6 Å². The lowest BCUT2D eigenvalue weighted by Crippen LogP contribution is -2.34. The van der Waals surface area contributed by atoms with Crippen LogP contribution < -0.4 is 10.6 Å². The Kier molecular flexibility index (Phi) is 4.83. The van der Waals surface area contributed by atoms with Crippen LogP contribution in [0.1, 0.15) is 19.3 Å². The van der Waals surface area contributed by atoms with Gasteiger partial charge in [-0.3, -0.25) is 20.2 Å². The highest BCUT2D eigenvalue weighted by Crippen LogP contribution is 2.25. The number of thiazole rings is 1. The number of carboxylic acids is 1. The number of aromatic nitrogens is 1. The highest BCUT2D eigenvalue weighted by atomic mass is 32.1. The van der Waals surface area contributed by atoms with Crippen LogP contribution in [-0.2, 0) is 9.59 Å². The van der Waals surface area contributed by atoms with E-state index in [1.165, 1.54) is 11.3 Å². The fourth-order valence-corrected chi connectivity index (χ4v) is 2.50. The van der Waals surface area contributed by atoms with Crippen molar-refractivity contribution in [1.29, 1.82) is 0 Å². The number of nitrogens with one attached hydrogen (secondary N) is 2. The summed E-state index contributed by atoms with van der Waals surface area (Å²) in [6, 6.07) is 6.75. The van der Waals surface area contributed by atoms with Crippen LogP contribution >= 0.6 is 11.3 Å². The first kappa shape index (κ1) is 14.9. The Hall–Kier alpha value is -2.48. The van der Waals surface area contributed by atoms with E-state index in [9.17, 15) is 14.4 Å². The first-order valence-corrected chi connectivity index (χ1v) is 7.04. The van der Waals surface area contributed by atoms with E-state index in [2.05, 4.69) is 15.6 Å². The molecule has 0 aliphatic carbocycles. The lowest BCUT2D eigenvalue weighted by molar-refractivity contribution is -0.137. The number of fused-ring (bicyclic) bond motifs is 1. The van der Waals surface area contributed by atoms with E-state index < -0.39 is 17.9 Å². The van der Waals surface area contributed by atoms with Crippen molar-refractivity contribution in [2.75, 3.05) is 5.32 Å². The van der Waals surface area contributed by atoms with Crippen molar-refractivity contribution >= 4 is 44.6 Å². The predicted octanol–water partition coefficient (Wildman–Crippen LogP) is 2.20. The molecule has 0 spiro atoms. The summed E-state index contributed by atoms with van der Waals surface area (Å²) in [5, 5.41) is 13.5. The normalized spacial score (nSPS) is 10.3. The number of para-hydroxylation sites is 1. The topological polar surface area (TPSA) is 108 Å². The number of rotatable bonds is 5. The van der Waals surface area contributed by atoms with Crippen LogP contribution in [0.4, 0.5) is 9.93 Å². The van der Waals surface area contributed by atoms with Crippen LogP contribution in [0.3, 0.4) is 0 Å². The molecule has 0 bridgehead atoms. The predicted molar refractivity (Wildman–Crippen MR) is 78.3 cm³/mol. The SMILES string of the molecule is O=C(O)CCCC(=O)NC(=O)Nc1nc2ccccc2s1. The van der Waals surface area contributed by atoms with E-state index in [0.717, 1.165) is 10.2 Å². The van der Waals surface area contributed by atoms with Gasteiger partial charge in [-0.2, -0.15) is 0 Å². The third-order valence-corrected chi connectivity index (χ3v) is 3.51. The van der Waals surface area contributed by atoms with Gasteiger partial charge >= 0.3 is 12.0 Å². The summed E-state index contributed by atoms with van der Waals surface area (Å²) in [6.45, 7) is 0. The number of imide groups is 1. The molecule has 0 radical (unpaired) electrons. The largest absolute Gasteiger partial charge is 0.481 e.